The number of rotatable bonds is 2. The van der Waals surface area contributed by atoms with Crippen molar-refractivity contribution in [3.63, 3.8) is 0 Å². The van der Waals surface area contributed by atoms with Gasteiger partial charge in [0.1, 0.15) is 5.82 Å². The topological polar surface area (TPSA) is 12.0 Å². The molecule has 14 heavy (non-hydrogen) atoms. The second-order valence-electron chi connectivity index (χ2n) is 4.16. The van der Waals surface area contributed by atoms with Crippen molar-refractivity contribution in [2.45, 2.75) is 19.8 Å². The lowest BCUT2D eigenvalue weighted by Gasteiger charge is -2.09. The summed E-state index contributed by atoms with van der Waals surface area (Å²) in [6, 6.07) is 5.37. The second-order valence-corrected chi connectivity index (χ2v) is 4.16. The first-order chi connectivity index (χ1) is 6.75. The van der Waals surface area contributed by atoms with Gasteiger partial charge in [0, 0.05) is 0 Å². The minimum absolute atomic E-state index is 0.0532. The van der Waals surface area contributed by atoms with Gasteiger partial charge in [-0.15, -0.1) is 0 Å². The molecule has 1 saturated heterocycles. The molecule has 1 unspecified atom stereocenters. The molecule has 1 N–H and O–H groups in total. The van der Waals surface area contributed by atoms with Crippen LogP contribution in [0.5, 0.6) is 0 Å². The van der Waals surface area contributed by atoms with E-state index in [0.717, 1.165) is 30.6 Å². The molecule has 2 rings (SSSR count). The molecule has 0 aromatic heterocycles. The number of benzene rings is 1. The van der Waals surface area contributed by atoms with E-state index in [1.807, 2.05) is 19.1 Å². The van der Waals surface area contributed by atoms with Crippen molar-refractivity contribution >= 4 is 0 Å². The average molecular weight is 193 g/mol. The lowest BCUT2D eigenvalue weighted by Crippen LogP contribution is -2.11. The van der Waals surface area contributed by atoms with E-state index in [-0.39, 0.29) is 5.82 Å². The van der Waals surface area contributed by atoms with Gasteiger partial charge in [-0.05, 0) is 50.4 Å². The maximum atomic E-state index is 13.4. The fraction of sp³-hybridized carbons (Fsp3) is 0.500. The van der Waals surface area contributed by atoms with Gasteiger partial charge in [-0.2, -0.15) is 0 Å². The van der Waals surface area contributed by atoms with Gasteiger partial charge in [0.15, 0.2) is 0 Å². The Morgan fingerprint density at radius 1 is 1.50 bits per heavy atom. The molecule has 1 heterocycles. The summed E-state index contributed by atoms with van der Waals surface area (Å²) in [7, 11) is 0. The van der Waals surface area contributed by atoms with Gasteiger partial charge in [0.2, 0.25) is 0 Å². The summed E-state index contributed by atoms with van der Waals surface area (Å²) in [6.07, 6.45) is 2.05. The molecule has 2 heteroatoms. The molecule has 1 atom stereocenters. The fourth-order valence-corrected chi connectivity index (χ4v) is 2.06. The molecule has 1 nitrogen and oxygen atoms in total. The van der Waals surface area contributed by atoms with Crippen LogP contribution < -0.4 is 5.32 Å². The van der Waals surface area contributed by atoms with Crippen LogP contribution in [0, 0.1) is 18.7 Å². The molecular weight excluding hydrogens is 177 g/mol. The number of aryl methyl sites for hydroxylation is 1. The van der Waals surface area contributed by atoms with Gasteiger partial charge in [0.05, 0.1) is 0 Å². The van der Waals surface area contributed by atoms with Crippen molar-refractivity contribution in [1.82, 2.24) is 5.32 Å². The smallest absolute Gasteiger partial charge is 0.126 e. The van der Waals surface area contributed by atoms with Gasteiger partial charge in [-0.25, -0.2) is 4.39 Å². The number of halogens is 1. The van der Waals surface area contributed by atoms with E-state index in [9.17, 15) is 4.39 Å². The quantitative estimate of drug-likeness (QED) is 0.760. The highest BCUT2D eigenvalue weighted by molar-refractivity contribution is 5.24. The van der Waals surface area contributed by atoms with Gasteiger partial charge in [-0.1, -0.05) is 17.7 Å². The highest BCUT2D eigenvalue weighted by Crippen LogP contribution is 2.18. The molecule has 0 saturated carbocycles. The van der Waals surface area contributed by atoms with Gasteiger partial charge in [-0.3, -0.25) is 0 Å². The Labute approximate surface area is 84.3 Å². The van der Waals surface area contributed by atoms with Crippen molar-refractivity contribution < 1.29 is 4.39 Å². The van der Waals surface area contributed by atoms with Crippen LogP contribution in [0.25, 0.3) is 0 Å². The first-order valence-corrected chi connectivity index (χ1v) is 5.21. The monoisotopic (exact) mass is 193 g/mol. The van der Waals surface area contributed by atoms with Crippen molar-refractivity contribution in [1.29, 1.82) is 0 Å². The third-order valence-electron chi connectivity index (χ3n) is 2.87. The van der Waals surface area contributed by atoms with E-state index in [4.69, 9.17) is 0 Å². The van der Waals surface area contributed by atoms with Crippen molar-refractivity contribution in [3.8, 4) is 0 Å². The Kier molecular flexibility index (Phi) is 2.82. The summed E-state index contributed by atoms with van der Waals surface area (Å²) in [6.45, 7) is 4.13. The summed E-state index contributed by atoms with van der Waals surface area (Å²) < 4.78 is 13.4. The van der Waals surface area contributed by atoms with Crippen molar-refractivity contribution in [3.05, 3.63) is 35.1 Å². The Bertz CT molecular complexity index is 316. The predicted molar refractivity (Wildman–Crippen MR) is 55.8 cm³/mol. The van der Waals surface area contributed by atoms with Crippen LogP contribution in [-0.4, -0.2) is 13.1 Å². The molecule has 0 spiro atoms. The van der Waals surface area contributed by atoms with Crippen molar-refractivity contribution in [2.75, 3.05) is 13.1 Å². The zero-order chi connectivity index (χ0) is 9.97. The molecule has 1 aromatic carbocycles. The minimum atomic E-state index is -0.0532. The normalized spacial score (nSPS) is 21.4. The molecule has 76 valence electrons. The molecule has 1 aromatic rings. The lowest BCUT2D eigenvalue weighted by molar-refractivity contribution is 0.543. The van der Waals surface area contributed by atoms with Crippen LogP contribution in [0.15, 0.2) is 18.2 Å². The number of nitrogens with one attached hydrogen (secondary N) is 1. The molecule has 0 radical (unpaired) electrons. The predicted octanol–water partition coefficient (Wildman–Crippen LogP) is 2.29. The summed E-state index contributed by atoms with van der Waals surface area (Å²) in [5, 5.41) is 3.30. The molecule has 0 aliphatic carbocycles. The first-order valence-electron chi connectivity index (χ1n) is 5.21. The fourth-order valence-electron chi connectivity index (χ4n) is 2.06. The van der Waals surface area contributed by atoms with Gasteiger partial charge < -0.3 is 5.32 Å². The van der Waals surface area contributed by atoms with Crippen LogP contribution in [-0.2, 0) is 6.42 Å². The zero-order valence-electron chi connectivity index (χ0n) is 8.52. The van der Waals surface area contributed by atoms with E-state index in [2.05, 4.69) is 5.32 Å². The van der Waals surface area contributed by atoms with E-state index in [0.29, 0.717) is 5.92 Å². The largest absolute Gasteiger partial charge is 0.316 e. The molecule has 0 bridgehead atoms. The highest BCUT2D eigenvalue weighted by Gasteiger charge is 2.16. The Morgan fingerprint density at radius 3 is 3.07 bits per heavy atom. The van der Waals surface area contributed by atoms with E-state index >= 15 is 0 Å². The van der Waals surface area contributed by atoms with Crippen LogP contribution in [0.4, 0.5) is 4.39 Å². The van der Waals surface area contributed by atoms with Gasteiger partial charge in [0.25, 0.3) is 0 Å². The van der Waals surface area contributed by atoms with Crippen molar-refractivity contribution in [2.24, 2.45) is 5.92 Å². The van der Waals surface area contributed by atoms with Crippen LogP contribution in [0.2, 0.25) is 0 Å². The second kappa shape index (κ2) is 4.09. The Morgan fingerprint density at radius 2 is 2.36 bits per heavy atom. The molecule has 1 aliphatic rings. The van der Waals surface area contributed by atoms with Crippen LogP contribution in [0.1, 0.15) is 17.5 Å². The number of hydrogen-bond acceptors (Lipinski definition) is 1. The summed E-state index contributed by atoms with van der Waals surface area (Å²) in [4.78, 5) is 0. The van der Waals surface area contributed by atoms with E-state index < -0.39 is 0 Å². The van der Waals surface area contributed by atoms with Crippen LogP contribution >= 0.6 is 0 Å². The highest BCUT2D eigenvalue weighted by atomic mass is 19.1. The minimum Gasteiger partial charge on any atom is -0.316 e. The zero-order valence-corrected chi connectivity index (χ0v) is 8.52. The third kappa shape index (κ3) is 2.13. The first kappa shape index (κ1) is 9.66. The Hall–Kier alpha value is -0.890. The maximum Gasteiger partial charge on any atom is 0.126 e. The van der Waals surface area contributed by atoms with E-state index in [1.165, 1.54) is 6.42 Å². The van der Waals surface area contributed by atoms with Gasteiger partial charge >= 0.3 is 0 Å². The number of hydrogen-bond donors (Lipinski definition) is 1. The lowest BCUT2D eigenvalue weighted by atomic mass is 9.97. The standard InChI is InChI=1S/C12H16FN/c1-9-2-3-12(13)11(6-9)7-10-4-5-14-8-10/h2-3,6,10,14H,4-5,7-8H2,1H3. The summed E-state index contributed by atoms with van der Waals surface area (Å²) in [5.41, 5.74) is 2.02. The van der Waals surface area contributed by atoms with Crippen LogP contribution in [0.3, 0.4) is 0 Å². The van der Waals surface area contributed by atoms with E-state index in [1.54, 1.807) is 6.07 Å². The SMILES string of the molecule is Cc1ccc(F)c(CC2CCNC2)c1. The molecule has 1 aliphatic heterocycles. The Balaban J connectivity index is 2.10. The summed E-state index contributed by atoms with van der Waals surface area (Å²) in [5.74, 6) is 0.564. The molecule has 1 fully saturated rings. The third-order valence-corrected chi connectivity index (χ3v) is 2.87. The maximum absolute atomic E-state index is 13.4. The average Bonchev–Trinajstić information content (AvgIpc) is 2.64. The summed E-state index contributed by atoms with van der Waals surface area (Å²) >= 11 is 0. The molecule has 0 amide bonds. The molecular formula is C12H16FN.